The van der Waals surface area contributed by atoms with Gasteiger partial charge in [0.25, 0.3) is 0 Å². The number of rotatable bonds is 67. The molecule has 79 heavy (non-hydrogen) atoms. The van der Waals surface area contributed by atoms with Crippen molar-refractivity contribution in [1.82, 2.24) is 0 Å². The van der Waals surface area contributed by atoms with Crippen molar-refractivity contribution in [1.29, 1.82) is 0 Å². The molecular weight excluding hydrogens is 973 g/mol. The zero-order valence-corrected chi connectivity index (χ0v) is 53.7. The molecule has 6 nitrogen and oxygen atoms in total. The van der Waals surface area contributed by atoms with Gasteiger partial charge >= 0.3 is 17.9 Å². The summed E-state index contributed by atoms with van der Waals surface area (Å²) in [6, 6.07) is 0. The standard InChI is InChI=1S/C73H138O6/c1-4-7-10-13-16-19-22-25-27-29-31-32-33-34-35-36-37-38-39-40-42-43-45-48-51-54-57-60-63-66-72(75)78-69-70(68-77-71(74)65-62-59-56-53-50-47-24-21-18-15-12-9-6-3)79-73(76)67-64-61-58-55-52-49-46-44-41-30-28-26-23-20-17-14-11-8-5-2/h26,28-29,31,70H,4-25,27,30,32-69H2,1-3H3/b28-26-,31-29-. The molecule has 0 heterocycles. The molecule has 6 heteroatoms. The Morgan fingerprint density at radius 2 is 0.418 bits per heavy atom. The van der Waals surface area contributed by atoms with E-state index in [1.54, 1.807) is 0 Å². The summed E-state index contributed by atoms with van der Waals surface area (Å²) in [6.07, 6.45) is 83.6. The van der Waals surface area contributed by atoms with Gasteiger partial charge in [0.2, 0.25) is 0 Å². The van der Waals surface area contributed by atoms with E-state index in [4.69, 9.17) is 14.2 Å². The first-order valence-electron chi connectivity index (χ1n) is 35.8. The molecule has 0 aromatic rings. The van der Waals surface area contributed by atoms with Crippen molar-refractivity contribution in [2.75, 3.05) is 13.2 Å². The summed E-state index contributed by atoms with van der Waals surface area (Å²) in [5.41, 5.74) is 0. The second-order valence-electron chi connectivity index (χ2n) is 24.5. The highest BCUT2D eigenvalue weighted by molar-refractivity contribution is 5.71. The maximum Gasteiger partial charge on any atom is 0.306 e. The molecule has 0 aromatic carbocycles. The molecule has 1 atom stereocenters. The lowest BCUT2D eigenvalue weighted by molar-refractivity contribution is -0.167. The van der Waals surface area contributed by atoms with E-state index in [0.29, 0.717) is 19.3 Å². The molecule has 0 rings (SSSR count). The summed E-state index contributed by atoms with van der Waals surface area (Å²) in [5, 5.41) is 0. The Morgan fingerprint density at radius 3 is 0.633 bits per heavy atom. The van der Waals surface area contributed by atoms with Crippen molar-refractivity contribution < 1.29 is 28.6 Å². The summed E-state index contributed by atoms with van der Waals surface area (Å²) in [4.78, 5) is 38.4. The van der Waals surface area contributed by atoms with Gasteiger partial charge in [-0.05, 0) is 70.6 Å². The highest BCUT2D eigenvalue weighted by Crippen LogP contribution is 2.19. The molecule has 466 valence electrons. The normalized spacial score (nSPS) is 12.1. The average Bonchev–Trinajstić information content (AvgIpc) is 3.45. The van der Waals surface area contributed by atoms with Crippen LogP contribution in [0, 0.1) is 0 Å². The number of hydrogen-bond acceptors (Lipinski definition) is 6. The van der Waals surface area contributed by atoms with Gasteiger partial charge in [-0.15, -0.1) is 0 Å². The Morgan fingerprint density at radius 1 is 0.241 bits per heavy atom. The van der Waals surface area contributed by atoms with Crippen LogP contribution in [0.25, 0.3) is 0 Å². The quantitative estimate of drug-likeness (QED) is 0.0261. The van der Waals surface area contributed by atoms with Crippen LogP contribution >= 0.6 is 0 Å². The summed E-state index contributed by atoms with van der Waals surface area (Å²) in [6.45, 7) is 6.71. The number of esters is 3. The molecule has 0 amide bonds. The summed E-state index contributed by atoms with van der Waals surface area (Å²) in [7, 11) is 0. The maximum absolute atomic E-state index is 12.9. The number of unbranched alkanes of at least 4 members (excludes halogenated alkanes) is 52. The van der Waals surface area contributed by atoms with Crippen LogP contribution in [0.1, 0.15) is 406 Å². The Kier molecular flexibility index (Phi) is 66.6. The third-order valence-corrected chi connectivity index (χ3v) is 16.4. The van der Waals surface area contributed by atoms with Gasteiger partial charge in [-0.2, -0.15) is 0 Å². The van der Waals surface area contributed by atoms with Crippen molar-refractivity contribution >= 4 is 17.9 Å². The molecule has 0 aliphatic rings. The Balaban J connectivity index is 4.17. The second-order valence-corrected chi connectivity index (χ2v) is 24.5. The molecule has 0 spiro atoms. The molecule has 0 bridgehead atoms. The van der Waals surface area contributed by atoms with Gasteiger partial charge in [0.15, 0.2) is 6.10 Å². The van der Waals surface area contributed by atoms with Gasteiger partial charge in [-0.1, -0.05) is 340 Å². The number of ether oxygens (including phenoxy) is 3. The minimum absolute atomic E-state index is 0.0656. The van der Waals surface area contributed by atoms with Gasteiger partial charge in [0.05, 0.1) is 0 Å². The fraction of sp³-hybridized carbons (Fsp3) is 0.904. The monoisotopic (exact) mass is 1110 g/mol. The third kappa shape index (κ3) is 66.6. The van der Waals surface area contributed by atoms with Gasteiger partial charge < -0.3 is 14.2 Å². The topological polar surface area (TPSA) is 78.9 Å². The third-order valence-electron chi connectivity index (χ3n) is 16.4. The van der Waals surface area contributed by atoms with E-state index in [0.717, 1.165) is 57.8 Å². The van der Waals surface area contributed by atoms with E-state index in [1.165, 1.54) is 308 Å². The highest BCUT2D eigenvalue weighted by Gasteiger charge is 2.19. The molecule has 0 radical (unpaired) electrons. The summed E-state index contributed by atoms with van der Waals surface area (Å²) in [5.74, 6) is -0.836. The van der Waals surface area contributed by atoms with E-state index >= 15 is 0 Å². The molecule has 0 fully saturated rings. The number of carbonyl (C=O) groups excluding carboxylic acids is 3. The van der Waals surface area contributed by atoms with Gasteiger partial charge in [-0.3, -0.25) is 14.4 Å². The molecule has 0 saturated heterocycles. The largest absolute Gasteiger partial charge is 0.462 e. The number of allylic oxidation sites excluding steroid dienone is 4. The van der Waals surface area contributed by atoms with Gasteiger partial charge in [-0.25, -0.2) is 0 Å². The zero-order chi connectivity index (χ0) is 57.1. The lowest BCUT2D eigenvalue weighted by atomic mass is 10.0. The van der Waals surface area contributed by atoms with E-state index < -0.39 is 6.10 Å². The van der Waals surface area contributed by atoms with E-state index in [2.05, 4.69) is 45.1 Å². The fourth-order valence-corrected chi connectivity index (χ4v) is 11.0. The lowest BCUT2D eigenvalue weighted by Gasteiger charge is -2.18. The van der Waals surface area contributed by atoms with Crippen molar-refractivity contribution in [3.8, 4) is 0 Å². The molecule has 0 aliphatic heterocycles. The first kappa shape index (κ1) is 76.9. The van der Waals surface area contributed by atoms with Crippen molar-refractivity contribution in [3.63, 3.8) is 0 Å². The smallest absolute Gasteiger partial charge is 0.306 e. The Labute approximate surface area is 493 Å². The summed E-state index contributed by atoms with van der Waals surface area (Å²) < 4.78 is 17.0. The van der Waals surface area contributed by atoms with Crippen LogP contribution in [0.3, 0.4) is 0 Å². The van der Waals surface area contributed by atoms with Crippen LogP contribution in [0.2, 0.25) is 0 Å². The Bertz CT molecular complexity index is 1270. The van der Waals surface area contributed by atoms with E-state index in [-0.39, 0.29) is 31.1 Å². The fourth-order valence-electron chi connectivity index (χ4n) is 11.0. The van der Waals surface area contributed by atoms with Crippen LogP contribution in [0.5, 0.6) is 0 Å². The summed E-state index contributed by atoms with van der Waals surface area (Å²) >= 11 is 0. The predicted molar refractivity (Wildman–Crippen MR) is 344 cm³/mol. The lowest BCUT2D eigenvalue weighted by Crippen LogP contribution is -2.30. The minimum atomic E-state index is -0.769. The maximum atomic E-state index is 12.9. The van der Waals surface area contributed by atoms with Crippen LogP contribution in [0.15, 0.2) is 24.3 Å². The SMILES string of the molecule is CCCCCCCC/C=C\CCCCCCCCCCCC(=O)OC(COC(=O)CCCCCCCCCCCCCCC)COC(=O)CCCCCCCCCCCCCCCCCCC/C=C\CCCCCCCCCC. The average molecular weight is 1110 g/mol. The van der Waals surface area contributed by atoms with Gasteiger partial charge in [0.1, 0.15) is 13.2 Å². The second kappa shape index (κ2) is 68.4. The first-order valence-corrected chi connectivity index (χ1v) is 35.8. The Hall–Kier alpha value is -2.11. The predicted octanol–water partition coefficient (Wildman–Crippen LogP) is 24.6. The minimum Gasteiger partial charge on any atom is -0.462 e. The van der Waals surface area contributed by atoms with E-state index in [9.17, 15) is 14.4 Å². The highest BCUT2D eigenvalue weighted by atomic mass is 16.6. The van der Waals surface area contributed by atoms with Crippen molar-refractivity contribution in [3.05, 3.63) is 24.3 Å². The molecule has 1 unspecified atom stereocenters. The van der Waals surface area contributed by atoms with Crippen LogP contribution < -0.4 is 0 Å². The van der Waals surface area contributed by atoms with Crippen LogP contribution in [-0.2, 0) is 28.6 Å². The van der Waals surface area contributed by atoms with Crippen molar-refractivity contribution in [2.45, 2.75) is 412 Å². The molecule has 0 N–H and O–H groups in total. The molecular formula is C73H138O6. The number of carbonyl (C=O) groups is 3. The molecule has 0 aromatic heterocycles. The first-order chi connectivity index (χ1) is 39.0. The number of hydrogen-bond donors (Lipinski definition) is 0. The van der Waals surface area contributed by atoms with Gasteiger partial charge in [0, 0.05) is 19.3 Å². The van der Waals surface area contributed by atoms with Crippen LogP contribution in [-0.4, -0.2) is 37.2 Å². The van der Waals surface area contributed by atoms with E-state index in [1.807, 2.05) is 0 Å². The molecule has 0 aliphatic carbocycles. The molecule has 0 saturated carbocycles. The zero-order valence-electron chi connectivity index (χ0n) is 53.7. The van der Waals surface area contributed by atoms with Crippen LogP contribution in [0.4, 0.5) is 0 Å². The van der Waals surface area contributed by atoms with Crippen molar-refractivity contribution in [2.24, 2.45) is 0 Å².